The lowest BCUT2D eigenvalue weighted by molar-refractivity contribution is 0.306. The number of methoxy groups -OCH3 is 1. The summed E-state index contributed by atoms with van der Waals surface area (Å²) < 4.78 is 11.8. The van der Waals surface area contributed by atoms with Crippen molar-refractivity contribution < 1.29 is 9.47 Å². The van der Waals surface area contributed by atoms with E-state index in [0.717, 1.165) is 38.9 Å². The molecule has 1 unspecified atom stereocenters. The molecule has 5 rings (SSSR count). The van der Waals surface area contributed by atoms with Crippen LogP contribution in [0.4, 0.5) is 0 Å². The third kappa shape index (κ3) is 4.39. The maximum absolute atomic E-state index is 6.25. The molecule has 1 aliphatic rings. The number of ether oxygens (including phenoxy) is 2. The van der Waals surface area contributed by atoms with Gasteiger partial charge in [0.1, 0.15) is 12.4 Å². The van der Waals surface area contributed by atoms with Gasteiger partial charge in [-0.2, -0.15) is 0 Å². The third-order valence-electron chi connectivity index (χ3n) is 7.07. The molecule has 1 atom stereocenters. The first-order chi connectivity index (χ1) is 17.4. The van der Waals surface area contributed by atoms with Gasteiger partial charge in [0.25, 0.3) is 0 Å². The molecular weight excluding hydrogens is 444 g/mol. The topological polar surface area (TPSA) is 43.7 Å². The highest BCUT2D eigenvalue weighted by Crippen LogP contribution is 2.42. The lowest BCUT2D eigenvalue weighted by Crippen LogP contribution is -2.25. The Morgan fingerprint density at radius 1 is 1.03 bits per heavy atom. The molecule has 0 saturated heterocycles. The van der Waals surface area contributed by atoms with Crippen LogP contribution in [0.2, 0.25) is 0 Å². The molecule has 0 saturated carbocycles. The Kier molecular flexibility index (Phi) is 6.36. The number of fused-ring (bicyclic) bond motifs is 6. The van der Waals surface area contributed by atoms with Crippen molar-refractivity contribution in [3.05, 3.63) is 101 Å². The Bertz CT molecular complexity index is 1490. The Hall–Kier alpha value is -3.92. The molecule has 182 valence electrons. The largest absolute Gasteiger partial charge is 0.489 e. The van der Waals surface area contributed by atoms with Gasteiger partial charge in [0.05, 0.1) is 12.6 Å². The quantitative estimate of drug-likeness (QED) is 0.283. The number of rotatable bonds is 4. The number of pyridine rings is 1. The zero-order chi connectivity index (χ0) is 25.3. The van der Waals surface area contributed by atoms with Crippen molar-refractivity contribution in [1.82, 2.24) is 4.98 Å². The van der Waals surface area contributed by atoms with Gasteiger partial charge >= 0.3 is 0 Å². The second-order valence-corrected chi connectivity index (χ2v) is 9.94. The monoisotopic (exact) mass is 476 g/mol. The molecule has 0 N–H and O–H groups in total. The van der Waals surface area contributed by atoms with Gasteiger partial charge in [-0.3, -0.25) is 4.99 Å². The third-order valence-corrected chi connectivity index (χ3v) is 7.07. The molecule has 4 nitrogen and oxygen atoms in total. The van der Waals surface area contributed by atoms with Gasteiger partial charge in [-0.1, -0.05) is 56.3 Å². The molecule has 0 radical (unpaired) electrons. The van der Waals surface area contributed by atoms with Crippen molar-refractivity contribution in [2.75, 3.05) is 7.11 Å². The van der Waals surface area contributed by atoms with Crippen LogP contribution < -0.4 is 9.47 Å². The lowest BCUT2D eigenvalue weighted by Gasteiger charge is -2.33. The number of hydrogen-bond acceptors (Lipinski definition) is 4. The molecule has 6 bridgehead atoms. The van der Waals surface area contributed by atoms with Crippen LogP contribution in [0.5, 0.6) is 11.6 Å². The van der Waals surface area contributed by atoms with E-state index in [1.807, 2.05) is 30.6 Å². The number of allylic oxidation sites excluding steroid dienone is 1. The summed E-state index contributed by atoms with van der Waals surface area (Å²) in [6.45, 7) is 9.21. The summed E-state index contributed by atoms with van der Waals surface area (Å²) in [6.07, 6.45) is 3.99. The van der Waals surface area contributed by atoms with Crippen LogP contribution in [0.1, 0.15) is 44.4 Å². The molecule has 1 aromatic heterocycles. The number of hydrogen-bond donors (Lipinski definition) is 0. The van der Waals surface area contributed by atoms with Crippen molar-refractivity contribution in [2.24, 2.45) is 10.9 Å². The average Bonchev–Trinajstić information content (AvgIpc) is 2.90. The molecule has 4 aromatic rings. The maximum atomic E-state index is 6.25. The first-order valence-corrected chi connectivity index (χ1v) is 12.4. The summed E-state index contributed by atoms with van der Waals surface area (Å²) in [7, 11) is 1.66. The molecular formula is C32H32N2O2. The van der Waals surface area contributed by atoms with Crippen molar-refractivity contribution in [3.8, 4) is 22.8 Å². The van der Waals surface area contributed by atoms with Gasteiger partial charge in [0.15, 0.2) is 0 Å². The Labute approximate surface area is 213 Å². The first kappa shape index (κ1) is 23.8. The van der Waals surface area contributed by atoms with E-state index in [1.54, 1.807) is 7.11 Å². The minimum Gasteiger partial charge on any atom is -0.489 e. The molecule has 0 amide bonds. The molecule has 36 heavy (non-hydrogen) atoms. The van der Waals surface area contributed by atoms with E-state index in [0.29, 0.717) is 18.4 Å². The molecule has 2 heterocycles. The van der Waals surface area contributed by atoms with Crippen LogP contribution in [0.3, 0.4) is 0 Å². The smallest absolute Gasteiger partial charge is 0.214 e. The summed E-state index contributed by atoms with van der Waals surface area (Å²) in [5, 5.41) is 1.07. The zero-order valence-electron chi connectivity index (χ0n) is 21.6. The lowest BCUT2D eigenvalue weighted by atomic mass is 9.70. The highest BCUT2D eigenvalue weighted by Gasteiger charge is 2.32. The van der Waals surface area contributed by atoms with Crippen LogP contribution in [-0.2, 0) is 12.0 Å². The number of aliphatic imine (C=N–C) groups is 1. The average molecular weight is 477 g/mol. The summed E-state index contributed by atoms with van der Waals surface area (Å²) in [5.74, 6) is 1.81. The highest BCUT2D eigenvalue weighted by atomic mass is 16.5. The predicted octanol–water partition coefficient (Wildman–Crippen LogP) is 7.74. The normalized spacial score (nSPS) is 17.6. The molecule has 0 aliphatic carbocycles. The van der Waals surface area contributed by atoms with E-state index in [-0.39, 0.29) is 0 Å². The minimum atomic E-state index is -0.400. The Balaban J connectivity index is 1.83. The number of aromatic nitrogens is 1. The fourth-order valence-corrected chi connectivity index (χ4v) is 4.83. The van der Waals surface area contributed by atoms with Gasteiger partial charge in [0, 0.05) is 29.3 Å². The molecule has 4 heteroatoms. The van der Waals surface area contributed by atoms with E-state index >= 15 is 0 Å². The van der Waals surface area contributed by atoms with Crippen molar-refractivity contribution in [2.45, 2.75) is 39.7 Å². The van der Waals surface area contributed by atoms with E-state index in [9.17, 15) is 0 Å². The standard InChI is InChI=1S/C32H32N2O2/c1-21(2)18-33-19-22(3)32(4)25-10-6-8-23(14-25)20-36-27-11-7-9-24(15-27)28-17-31(35-5)34-30-13-12-26(32)16-29(28)30/h6-19,21H,20H2,1-5H3/b22-19+,33-18?. The highest BCUT2D eigenvalue weighted by molar-refractivity contribution is 5.96. The second-order valence-electron chi connectivity index (χ2n) is 9.94. The van der Waals surface area contributed by atoms with Crippen molar-refractivity contribution in [1.29, 1.82) is 0 Å². The molecule has 1 aliphatic heterocycles. The number of nitrogens with zero attached hydrogens (tertiary/aromatic N) is 2. The van der Waals surface area contributed by atoms with Crippen LogP contribution in [0.15, 0.2) is 89.6 Å². The van der Waals surface area contributed by atoms with Gasteiger partial charge < -0.3 is 9.47 Å². The predicted molar refractivity (Wildman–Crippen MR) is 148 cm³/mol. The summed E-state index contributed by atoms with van der Waals surface area (Å²) in [5.41, 5.74) is 7.30. The van der Waals surface area contributed by atoms with Gasteiger partial charge in [-0.25, -0.2) is 4.98 Å². The van der Waals surface area contributed by atoms with Crippen molar-refractivity contribution in [3.63, 3.8) is 0 Å². The van der Waals surface area contributed by atoms with Crippen LogP contribution in [0.25, 0.3) is 22.0 Å². The van der Waals surface area contributed by atoms with Gasteiger partial charge in [-0.05, 0) is 77.4 Å². The van der Waals surface area contributed by atoms with Crippen molar-refractivity contribution >= 4 is 17.1 Å². The Morgan fingerprint density at radius 2 is 1.83 bits per heavy atom. The zero-order valence-corrected chi connectivity index (χ0v) is 21.6. The van der Waals surface area contributed by atoms with E-state index in [1.165, 1.54) is 11.1 Å². The van der Waals surface area contributed by atoms with Gasteiger partial charge in [0.2, 0.25) is 5.88 Å². The van der Waals surface area contributed by atoms with Crippen LogP contribution in [0, 0.1) is 5.92 Å². The maximum Gasteiger partial charge on any atom is 0.214 e. The SMILES string of the molecule is COc1cc2c3cc(ccc3n1)C(C)(/C(C)=C/N=CC(C)C)c1cccc(c1)COc1cccc-2c1. The van der Waals surface area contributed by atoms with E-state index < -0.39 is 5.41 Å². The summed E-state index contributed by atoms with van der Waals surface area (Å²) >= 11 is 0. The second kappa shape index (κ2) is 9.62. The molecule has 0 spiro atoms. The fourth-order valence-electron chi connectivity index (χ4n) is 4.83. The fraction of sp³-hybridized carbons (Fsp3) is 0.250. The minimum absolute atomic E-state index is 0.390. The first-order valence-electron chi connectivity index (χ1n) is 12.4. The van der Waals surface area contributed by atoms with Crippen LogP contribution >= 0.6 is 0 Å². The molecule has 3 aromatic carbocycles. The van der Waals surface area contributed by atoms with Gasteiger partial charge in [-0.15, -0.1) is 0 Å². The van der Waals surface area contributed by atoms with Crippen LogP contribution in [-0.4, -0.2) is 18.3 Å². The van der Waals surface area contributed by atoms with E-state index in [4.69, 9.17) is 14.5 Å². The summed E-state index contributed by atoms with van der Waals surface area (Å²) in [4.78, 5) is 9.40. The Morgan fingerprint density at radius 3 is 2.64 bits per heavy atom. The molecule has 0 fully saturated rings. The van der Waals surface area contributed by atoms with E-state index in [2.05, 4.69) is 87.3 Å². The number of benzene rings is 3. The summed E-state index contributed by atoms with van der Waals surface area (Å²) in [6, 6.07) is 25.5.